The van der Waals surface area contributed by atoms with Crippen LogP contribution in [0.2, 0.25) is 5.02 Å². The Morgan fingerprint density at radius 3 is 2.63 bits per heavy atom. The third-order valence-corrected chi connectivity index (χ3v) is 4.75. The Hall–Kier alpha value is -3.12. The molecule has 0 bridgehead atoms. The zero-order chi connectivity index (χ0) is 21.5. The summed E-state index contributed by atoms with van der Waals surface area (Å²) in [6, 6.07) is 14.5. The molecule has 7 heteroatoms. The van der Waals surface area contributed by atoms with E-state index in [9.17, 15) is 14.0 Å². The van der Waals surface area contributed by atoms with Crippen molar-refractivity contribution < 1.29 is 18.4 Å². The normalized spacial score (nSPS) is 10.6. The van der Waals surface area contributed by atoms with Crippen molar-refractivity contribution >= 4 is 29.1 Å². The van der Waals surface area contributed by atoms with Crippen LogP contribution in [0, 0.1) is 5.82 Å². The van der Waals surface area contributed by atoms with Crippen molar-refractivity contribution in [2.24, 2.45) is 0 Å². The summed E-state index contributed by atoms with van der Waals surface area (Å²) < 4.78 is 19.5. The number of amides is 2. The third kappa shape index (κ3) is 5.48. The van der Waals surface area contributed by atoms with Crippen molar-refractivity contribution in [3.8, 4) is 11.3 Å². The second-order valence-corrected chi connectivity index (χ2v) is 7.15. The summed E-state index contributed by atoms with van der Waals surface area (Å²) in [5.41, 5.74) is 1.24. The zero-order valence-corrected chi connectivity index (χ0v) is 17.3. The highest BCUT2D eigenvalue weighted by Gasteiger charge is 2.13. The molecule has 2 N–H and O–H groups in total. The van der Waals surface area contributed by atoms with Gasteiger partial charge in [-0.3, -0.25) is 9.59 Å². The molecule has 0 spiro atoms. The Morgan fingerprint density at radius 2 is 1.90 bits per heavy atom. The first-order valence-corrected chi connectivity index (χ1v) is 10.1. The van der Waals surface area contributed by atoms with E-state index in [1.54, 1.807) is 48.5 Å². The lowest BCUT2D eigenvalue weighted by atomic mass is 10.1. The number of carbonyl (C=O) groups excluding carboxylic acids is 2. The second-order valence-electron chi connectivity index (χ2n) is 6.74. The number of rotatable bonds is 8. The van der Waals surface area contributed by atoms with Gasteiger partial charge in [-0.25, -0.2) is 4.39 Å². The van der Waals surface area contributed by atoms with Crippen LogP contribution in [0.5, 0.6) is 0 Å². The number of anilines is 1. The van der Waals surface area contributed by atoms with Crippen LogP contribution >= 0.6 is 11.6 Å². The van der Waals surface area contributed by atoms with Crippen molar-refractivity contribution in [2.75, 3.05) is 11.9 Å². The lowest BCUT2D eigenvalue weighted by Gasteiger charge is -2.09. The van der Waals surface area contributed by atoms with Gasteiger partial charge in [0, 0.05) is 25.1 Å². The van der Waals surface area contributed by atoms with Gasteiger partial charge in [0.2, 0.25) is 5.91 Å². The molecule has 2 amide bonds. The van der Waals surface area contributed by atoms with E-state index in [1.165, 1.54) is 6.07 Å². The van der Waals surface area contributed by atoms with E-state index < -0.39 is 0 Å². The van der Waals surface area contributed by atoms with Gasteiger partial charge in [0.25, 0.3) is 5.91 Å². The predicted molar refractivity (Wildman–Crippen MR) is 115 cm³/mol. The van der Waals surface area contributed by atoms with Crippen LogP contribution in [0.4, 0.5) is 10.1 Å². The lowest BCUT2D eigenvalue weighted by molar-refractivity contribution is -0.116. The molecule has 30 heavy (non-hydrogen) atoms. The molecule has 0 atom stereocenters. The topological polar surface area (TPSA) is 71.3 Å². The van der Waals surface area contributed by atoms with E-state index in [1.807, 2.05) is 6.92 Å². The monoisotopic (exact) mass is 428 g/mol. The molecule has 156 valence electrons. The van der Waals surface area contributed by atoms with Gasteiger partial charge in [-0.15, -0.1) is 0 Å². The number of carbonyl (C=O) groups is 2. The van der Waals surface area contributed by atoms with Crippen molar-refractivity contribution in [3.05, 3.63) is 76.8 Å². The minimum Gasteiger partial charge on any atom is -0.461 e. The molecule has 3 aromatic rings. The lowest BCUT2D eigenvalue weighted by Crippen LogP contribution is -2.24. The molecule has 2 aromatic carbocycles. The maximum absolute atomic E-state index is 13.9. The fourth-order valence-corrected chi connectivity index (χ4v) is 3.16. The van der Waals surface area contributed by atoms with Crippen LogP contribution in [-0.2, 0) is 11.2 Å². The Labute approximate surface area is 179 Å². The molecule has 1 heterocycles. The molecule has 1 aromatic heterocycles. The Bertz CT molecular complexity index is 1050. The molecular weight excluding hydrogens is 407 g/mol. The molecule has 0 saturated carbocycles. The van der Waals surface area contributed by atoms with Gasteiger partial charge in [-0.1, -0.05) is 30.7 Å². The molecular formula is C23H22ClFN2O3. The minimum absolute atomic E-state index is 0.181. The number of hydrogen-bond donors (Lipinski definition) is 2. The van der Waals surface area contributed by atoms with E-state index in [0.29, 0.717) is 41.3 Å². The van der Waals surface area contributed by atoms with Gasteiger partial charge in [-0.2, -0.15) is 0 Å². The first-order valence-electron chi connectivity index (χ1n) is 9.69. The van der Waals surface area contributed by atoms with Crippen molar-refractivity contribution in [2.45, 2.75) is 26.2 Å². The Morgan fingerprint density at radius 1 is 1.10 bits per heavy atom. The van der Waals surface area contributed by atoms with Gasteiger partial charge in [-0.05, 0) is 48.9 Å². The van der Waals surface area contributed by atoms with Gasteiger partial charge in [0.1, 0.15) is 17.3 Å². The standard InChI is InChI=1S/C23H22ClFN2O3/c1-2-13-26-23(29)17-10-7-15(14-19(17)24)27-22(28)12-9-16-8-11-21(30-16)18-5-3-4-6-20(18)25/h3-8,10-11,14H,2,9,12-13H2,1H3,(H,26,29)(H,27,28). The van der Waals surface area contributed by atoms with Gasteiger partial charge < -0.3 is 15.1 Å². The summed E-state index contributed by atoms with van der Waals surface area (Å²) in [5.74, 6) is 0.178. The number of nitrogens with one attached hydrogen (secondary N) is 2. The van der Waals surface area contributed by atoms with Gasteiger partial charge >= 0.3 is 0 Å². The molecule has 0 saturated heterocycles. The second kappa shape index (κ2) is 10.1. The van der Waals surface area contributed by atoms with E-state index >= 15 is 0 Å². The highest BCUT2D eigenvalue weighted by Crippen LogP contribution is 2.25. The number of hydrogen-bond acceptors (Lipinski definition) is 3. The quantitative estimate of drug-likeness (QED) is 0.501. The first-order chi connectivity index (χ1) is 14.5. The Kier molecular flexibility index (Phi) is 7.25. The molecule has 0 aliphatic carbocycles. The summed E-state index contributed by atoms with van der Waals surface area (Å²) in [4.78, 5) is 24.3. The van der Waals surface area contributed by atoms with Gasteiger partial charge in [0.15, 0.2) is 0 Å². The molecule has 0 aliphatic rings. The first kappa shape index (κ1) is 21.6. The van der Waals surface area contributed by atoms with Crippen LogP contribution < -0.4 is 10.6 Å². The average Bonchev–Trinajstić information content (AvgIpc) is 3.20. The van der Waals surface area contributed by atoms with Crippen LogP contribution in [0.1, 0.15) is 35.9 Å². The third-order valence-electron chi connectivity index (χ3n) is 4.43. The van der Waals surface area contributed by atoms with E-state index in [4.69, 9.17) is 16.0 Å². The van der Waals surface area contributed by atoms with E-state index in [0.717, 1.165) is 6.42 Å². The molecule has 0 unspecified atom stereocenters. The van der Waals surface area contributed by atoms with Crippen molar-refractivity contribution in [3.63, 3.8) is 0 Å². The summed E-state index contributed by atoms with van der Waals surface area (Å²) in [5, 5.41) is 5.78. The summed E-state index contributed by atoms with van der Waals surface area (Å²) in [6.45, 7) is 2.53. The molecule has 3 rings (SSSR count). The molecule has 0 aliphatic heterocycles. The number of aryl methyl sites for hydroxylation is 1. The predicted octanol–water partition coefficient (Wildman–Crippen LogP) is 5.45. The highest BCUT2D eigenvalue weighted by molar-refractivity contribution is 6.34. The minimum atomic E-state index is -0.361. The van der Waals surface area contributed by atoms with Crippen LogP contribution in [0.15, 0.2) is 59.0 Å². The number of furan rings is 1. The summed E-state index contributed by atoms with van der Waals surface area (Å²) >= 11 is 6.18. The molecule has 5 nitrogen and oxygen atoms in total. The number of benzene rings is 2. The largest absolute Gasteiger partial charge is 0.461 e. The van der Waals surface area contributed by atoms with E-state index in [2.05, 4.69) is 10.6 Å². The smallest absolute Gasteiger partial charge is 0.252 e. The molecule has 0 fully saturated rings. The van der Waals surface area contributed by atoms with Crippen LogP contribution in [0.3, 0.4) is 0 Å². The number of halogens is 2. The average molecular weight is 429 g/mol. The fraction of sp³-hybridized carbons (Fsp3) is 0.217. The highest BCUT2D eigenvalue weighted by atomic mass is 35.5. The van der Waals surface area contributed by atoms with E-state index in [-0.39, 0.29) is 29.1 Å². The fourth-order valence-electron chi connectivity index (χ4n) is 2.89. The van der Waals surface area contributed by atoms with Crippen LogP contribution in [-0.4, -0.2) is 18.4 Å². The van der Waals surface area contributed by atoms with Crippen molar-refractivity contribution in [1.29, 1.82) is 0 Å². The maximum Gasteiger partial charge on any atom is 0.252 e. The van der Waals surface area contributed by atoms with Gasteiger partial charge in [0.05, 0.1) is 16.1 Å². The summed E-state index contributed by atoms with van der Waals surface area (Å²) in [7, 11) is 0. The zero-order valence-electron chi connectivity index (χ0n) is 16.5. The van der Waals surface area contributed by atoms with Crippen LogP contribution in [0.25, 0.3) is 11.3 Å². The Balaban J connectivity index is 1.56. The molecule has 0 radical (unpaired) electrons. The van der Waals surface area contributed by atoms with Crippen molar-refractivity contribution in [1.82, 2.24) is 5.32 Å². The maximum atomic E-state index is 13.9. The SMILES string of the molecule is CCCNC(=O)c1ccc(NC(=O)CCc2ccc(-c3ccccc3F)o2)cc1Cl. The summed E-state index contributed by atoms with van der Waals surface area (Å²) in [6.07, 6.45) is 1.38.